The van der Waals surface area contributed by atoms with E-state index in [4.69, 9.17) is 10.5 Å². The number of nitrogen functional groups attached to an aromatic ring is 1. The zero-order valence-electron chi connectivity index (χ0n) is 10.3. The van der Waals surface area contributed by atoms with Gasteiger partial charge in [0.05, 0.1) is 18.8 Å². The number of hydrogen-bond acceptors (Lipinski definition) is 3. The van der Waals surface area contributed by atoms with Gasteiger partial charge < -0.3 is 10.5 Å². The van der Waals surface area contributed by atoms with Crippen LogP contribution in [0.15, 0.2) is 18.2 Å². The van der Waals surface area contributed by atoms with Crippen molar-refractivity contribution in [1.82, 2.24) is 4.90 Å². The Kier molecular flexibility index (Phi) is 2.76. The molecule has 0 amide bonds. The molecule has 0 bridgehead atoms. The number of alkyl halides is 3. The van der Waals surface area contributed by atoms with Crippen molar-refractivity contribution in [3.05, 3.63) is 29.3 Å². The predicted octanol–water partition coefficient (Wildman–Crippen LogP) is 2.12. The highest BCUT2D eigenvalue weighted by Gasteiger charge is 2.48. The SMILES string of the molecule is Nc1cc(CN2CC3(COC3)C2)cc(C(F)(F)F)c1. The maximum absolute atomic E-state index is 12.7. The summed E-state index contributed by atoms with van der Waals surface area (Å²) in [5.74, 6) is 0. The van der Waals surface area contributed by atoms with Gasteiger partial charge in [0.25, 0.3) is 0 Å². The Balaban J connectivity index is 1.69. The summed E-state index contributed by atoms with van der Waals surface area (Å²) in [5, 5.41) is 0. The quantitative estimate of drug-likeness (QED) is 0.838. The molecule has 0 radical (unpaired) electrons. The molecule has 2 aliphatic rings. The summed E-state index contributed by atoms with van der Waals surface area (Å²) in [6.45, 7) is 3.84. The van der Waals surface area contributed by atoms with E-state index in [1.807, 2.05) is 0 Å². The van der Waals surface area contributed by atoms with Crippen LogP contribution < -0.4 is 5.73 Å². The lowest BCUT2D eigenvalue weighted by Gasteiger charge is -2.55. The molecule has 2 fully saturated rings. The third-order valence-electron chi connectivity index (χ3n) is 3.68. The first-order valence-corrected chi connectivity index (χ1v) is 6.13. The summed E-state index contributed by atoms with van der Waals surface area (Å²) in [6, 6.07) is 3.76. The second-order valence-corrected chi connectivity index (χ2v) is 5.60. The van der Waals surface area contributed by atoms with Gasteiger partial charge in [-0.25, -0.2) is 0 Å². The van der Waals surface area contributed by atoms with Crippen LogP contribution in [-0.4, -0.2) is 31.2 Å². The zero-order chi connectivity index (χ0) is 13.7. The minimum absolute atomic E-state index is 0.159. The number of hydrogen-bond donors (Lipinski definition) is 1. The third kappa shape index (κ3) is 2.42. The molecule has 3 rings (SSSR count). The molecule has 104 valence electrons. The van der Waals surface area contributed by atoms with Gasteiger partial charge in [-0.05, 0) is 23.8 Å². The van der Waals surface area contributed by atoms with Crippen molar-refractivity contribution < 1.29 is 17.9 Å². The van der Waals surface area contributed by atoms with E-state index in [1.165, 1.54) is 6.07 Å². The molecule has 2 heterocycles. The fourth-order valence-corrected chi connectivity index (χ4v) is 2.82. The van der Waals surface area contributed by atoms with Gasteiger partial charge in [0, 0.05) is 30.7 Å². The number of halogens is 3. The number of nitrogens with two attached hydrogens (primary N) is 1. The molecule has 0 aromatic heterocycles. The lowest BCUT2D eigenvalue weighted by atomic mass is 9.78. The van der Waals surface area contributed by atoms with Gasteiger partial charge in [0.1, 0.15) is 0 Å². The highest BCUT2D eigenvalue weighted by atomic mass is 19.4. The van der Waals surface area contributed by atoms with Crippen molar-refractivity contribution >= 4 is 5.69 Å². The van der Waals surface area contributed by atoms with E-state index >= 15 is 0 Å². The first kappa shape index (κ1) is 12.7. The Hall–Kier alpha value is -1.27. The largest absolute Gasteiger partial charge is 0.416 e. The van der Waals surface area contributed by atoms with Crippen LogP contribution in [-0.2, 0) is 17.5 Å². The topological polar surface area (TPSA) is 38.5 Å². The Morgan fingerprint density at radius 2 is 1.89 bits per heavy atom. The first-order chi connectivity index (χ1) is 8.86. The third-order valence-corrected chi connectivity index (χ3v) is 3.68. The highest BCUT2D eigenvalue weighted by molar-refractivity contribution is 5.45. The van der Waals surface area contributed by atoms with Crippen LogP contribution in [0.2, 0.25) is 0 Å². The van der Waals surface area contributed by atoms with Gasteiger partial charge in [0.2, 0.25) is 0 Å². The molecule has 3 nitrogen and oxygen atoms in total. The van der Waals surface area contributed by atoms with Crippen LogP contribution in [0.3, 0.4) is 0 Å². The molecular formula is C13H15F3N2O. The summed E-state index contributed by atoms with van der Waals surface area (Å²) in [6.07, 6.45) is -4.35. The molecule has 2 aliphatic heterocycles. The molecule has 6 heteroatoms. The fraction of sp³-hybridized carbons (Fsp3) is 0.538. The molecule has 1 aromatic carbocycles. The molecule has 1 spiro atoms. The van der Waals surface area contributed by atoms with E-state index in [9.17, 15) is 13.2 Å². The van der Waals surface area contributed by atoms with Crippen LogP contribution >= 0.6 is 0 Å². The van der Waals surface area contributed by atoms with Gasteiger partial charge >= 0.3 is 6.18 Å². The zero-order valence-corrected chi connectivity index (χ0v) is 10.3. The number of anilines is 1. The van der Waals surface area contributed by atoms with Crippen molar-refractivity contribution in [2.45, 2.75) is 12.7 Å². The van der Waals surface area contributed by atoms with Gasteiger partial charge in [-0.15, -0.1) is 0 Å². The van der Waals surface area contributed by atoms with Crippen LogP contribution in [0.25, 0.3) is 0 Å². The summed E-state index contributed by atoms with van der Waals surface area (Å²) < 4.78 is 43.2. The maximum atomic E-state index is 12.7. The van der Waals surface area contributed by atoms with E-state index in [0.29, 0.717) is 12.1 Å². The van der Waals surface area contributed by atoms with Crippen LogP contribution in [0.4, 0.5) is 18.9 Å². The maximum Gasteiger partial charge on any atom is 0.416 e. The van der Waals surface area contributed by atoms with E-state index in [-0.39, 0.29) is 11.1 Å². The normalized spacial score (nSPS) is 22.1. The van der Waals surface area contributed by atoms with Crippen molar-refractivity contribution in [2.75, 3.05) is 32.0 Å². The molecule has 0 aliphatic carbocycles. The lowest BCUT2D eigenvalue weighted by Crippen LogP contribution is -2.65. The van der Waals surface area contributed by atoms with Crippen molar-refractivity contribution in [3.63, 3.8) is 0 Å². The summed E-state index contributed by atoms with van der Waals surface area (Å²) >= 11 is 0. The smallest absolute Gasteiger partial charge is 0.399 e. The van der Waals surface area contributed by atoms with E-state index < -0.39 is 11.7 Å². The highest BCUT2D eigenvalue weighted by Crippen LogP contribution is 2.39. The van der Waals surface area contributed by atoms with Gasteiger partial charge in [-0.3, -0.25) is 4.90 Å². The van der Waals surface area contributed by atoms with Gasteiger partial charge in [-0.1, -0.05) is 0 Å². The minimum Gasteiger partial charge on any atom is -0.399 e. The van der Waals surface area contributed by atoms with Crippen LogP contribution in [0.1, 0.15) is 11.1 Å². The monoisotopic (exact) mass is 272 g/mol. The lowest BCUT2D eigenvalue weighted by molar-refractivity contribution is -0.191. The Bertz CT molecular complexity index is 489. The minimum atomic E-state index is -4.35. The van der Waals surface area contributed by atoms with Crippen molar-refractivity contribution in [2.24, 2.45) is 5.41 Å². The second kappa shape index (κ2) is 4.11. The summed E-state index contributed by atoms with van der Waals surface area (Å²) in [4.78, 5) is 2.12. The van der Waals surface area contributed by atoms with Crippen molar-refractivity contribution in [3.8, 4) is 0 Å². The molecular weight excluding hydrogens is 257 g/mol. The summed E-state index contributed by atoms with van der Waals surface area (Å²) in [7, 11) is 0. The summed E-state index contributed by atoms with van der Waals surface area (Å²) in [5.41, 5.74) is 5.91. The van der Waals surface area contributed by atoms with Crippen molar-refractivity contribution in [1.29, 1.82) is 0 Å². The van der Waals surface area contributed by atoms with E-state index in [1.54, 1.807) is 6.07 Å². The molecule has 0 unspecified atom stereocenters. The van der Waals surface area contributed by atoms with E-state index in [2.05, 4.69) is 4.90 Å². The Morgan fingerprint density at radius 1 is 1.21 bits per heavy atom. The standard InChI is InChI=1S/C13H15F3N2O/c14-13(15,16)10-1-9(2-11(17)3-10)4-18-5-12(6-18)7-19-8-12/h1-3H,4-8,17H2. The molecule has 2 saturated heterocycles. The predicted molar refractivity (Wildman–Crippen MR) is 64.4 cm³/mol. The molecule has 2 N–H and O–H groups in total. The second-order valence-electron chi connectivity index (χ2n) is 5.60. The molecule has 0 saturated carbocycles. The average Bonchev–Trinajstić information content (AvgIpc) is 2.18. The number of benzene rings is 1. The Labute approximate surface area is 109 Å². The fourth-order valence-electron chi connectivity index (χ4n) is 2.82. The molecule has 19 heavy (non-hydrogen) atoms. The van der Waals surface area contributed by atoms with Crippen LogP contribution in [0, 0.1) is 5.41 Å². The molecule has 0 atom stereocenters. The Morgan fingerprint density at radius 3 is 2.42 bits per heavy atom. The van der Waals surface area contributed by atoms with Gasteiger partial charge in [0.15, 0.2) is 0 Å². The average molecular weight is 272 g/mol. The number of ether oxygens (including phenoxy) is 1. The van der Waals surface area contributed by atoms with E-state index in [0.717, 1.165) is 32.4 Å². The van der Waals surface area contributed by atoms with Gasteiger partial charge in [-0.2, -0.15) is 13.2 Å². The molecule has 1 aromatic rings. The first-order valence-electron chi connectivity index (χ1n) is 6.13. The number of nitrogens with zero attached hydrogens (tertiary/aromatic N) is 1. The number of likely N-dealkylation sites (tertiary alicyclic amines) is 1. The number of rotatable bonds is 2. The van der Waals surface area contributed by atoms with Crippen LogP contribution in [0.5, 0.6) is 0 Å².